The molecule has 0 aromatic carbocycles. The Hall–Kier alpha value is -0.280. The second-order valence-electron chi connectivity index (χ2n) is 2.18. The lowest BCUT2D eigenvalue weighted by atomic mass is 10.3. The fourth-order valence-corrected chi connectivity index (χ4v) is 0.811. The second kappa shape index (κ2) is 3.03. The van der Waals surface area contributed by atoms with Gasteiger partial charge in [-0.15, -0.1) is 12.4 Å². The van der Waals surface area contributed by atoms with Gasteiger partial charge < -0.3 is 10.8 Å². The summed E-state index contributed by atoms with van der Waals surface area (Å²) < 4.78 is 0. The first kappa shape index (κ1) is 8.72. The summed E-state index contributed by atoms with van der Waals surface area (Å²) in [5, 5.41) is 8.30. The summed E-state index contributed by atoms with van der Waals surface area (Å²) >= 11 is 0. The number of rotatable bonds is 2. The van der Waals surface area contributed by atoms with Gasteiger partial charge in [-0.2, -0.15) is 0 Å². The van der Waals surface area contributed by atoms with Gasteiger partial charge in [0.25, 0.3) is 0 Å². The molecule has 9 heavy (non-hydrogen) atoms. The number of carboxylic acid groups (broad SMARTS) is 1. The van der Waals surface area contributed by atoms with Gasteiger partial charge in [-0.3, -0.25) is 4.79 Å². The molecule has 1 aliphatic rings. The number of halogens is 1. The predicted octanol–water partition coefficient (Wildman–Crippen LogP) is 0.0876. The van der Waals surface area contributed by atoms with Crippen molar-refractivity contribution in [1.29, 1.82) is 0 Å². The summed E-state index contributed by atoms with van der Waals surface area (Å²) in [7, 11) is 0. The van der Waals surface area contributed by atoms with Gasteiger partial charge in [0.2, 0.25) is 0 Å². The minimum atomic E-state index is -0.694. The van der Waals surface area contributed by atoms with Gasteiger partial charge >= 0.3 is 5.97 Å². The molecular formula is C5H10ClNO2. The van der Waals surface area contributed by atoms with E-state index in [9.17, 15) is 4.79 Å². The minimum absolute atomic E-state index is 0. The van der Waals surface area contributed by atoms with E-state index in [-0.39, 0.29) is 24.2 Å². The van der Waals surface area contributed by atoms with E-state index in [2.05, 4.69) is 0 Å². The van der Waals surface area contributed by atoms with Crippen molar-refractivity contribution in [1.82, 2.24) is 0 Å². The Balaban J connectivity index is 0.000000640. The first-order valence-corrected chi connectivity index (χ1v) is 2.68. The van der Waals surface area contributed by atoms with E-state index in [4.69, 9.17) is 10.8 Å². The van der Waals surface area contributed by atoms with Crippen molar-refractivity contribution in [3.8, 4) is 0 Å². The molecular weight excluding hydrogens is 142 g/mol. The molecule has 0 radical (unpaired) electrons. The van der Waals surface area contributed by atoms with E-state index in [0.717, 1.165) is 6.42 Å². The van der Waals surface area contributed by atoms with Crippen LogP contribution in [0.25, 0.3) is 0 Å². The molecule has 3 N–H and O–H groups in total. The molecule has 0 amide bonds. The summed E-state index contributed by atoms with van der Waals surface area (Å²) in [6.07, 6.45) is 0.784. The molecule has 1 aliphatic carbocycles. The van der Waals surface area contributed by atoms with Crippen LogP contribution in [0.1, 0.15) is 6.42 Å². The van der Waals surface area contributed by atoms with Crippen LogP contribution in [0.3, 0.4) is 0 Å². The lowest BCUT2D eigenvalue weighted by Gasteiger charge is -1.85. The van der Waals surface area contributed by atoms with Crippen molar-refractivity contribution in [2.75, 3.05) is 6.54 Å². The Morgan fingerprint density at radius 2 is 2.33 bits per heavy atom. The zero-order chi connectivity index (χ0) is 6.15. The average Bonchev–Trinajstić information content (AvgIpc) is 2.42. The van der Waals surface area contributed by atoms with Crippen LogP contribution in [0, 0.1) is 11.8 Å². The molecule has 4 heteroatoms. The van der Waals surface area contributed by atoms with Crippen LogP contribution in [-0.4, -0.2) is 17.6 Å². The maximum Gasteiger partial charge on any atom is 0.306 e. The number of hydrogen-bond donors (Lipinski definition) is 2. The Morgan fingerprint density at radius 1 is 1.78 bits per heavy atom. The lowest BCUT2D eigenvalue weighted by Crippen LogP contribution is -2.07. The van der Waals surface area contributed by atoms with Crippen molar-refractivity contribution in [3.63, 3.8) is 0 Å². The van der Waals surface area contributed by atoms with Crippen molar-refractivity contribution < 1.29 is 9.90 Å². The fraction of sp³-hybridized carbons (Fsp3) is 0.800. The van der Waals surface area contributed by atoms with Gasteiger partial charge in [0.15, 0.2) is 0 Å². The van der Waals surface area contributed by atoms with Gasteiger partial charge in [-0.1, -0.05) is 0 Å². The standard InChI is InChI=1S/C5H9NO2.ClH/c6-2-3-1-4(3)5(7)8;/h3-4H,1-2,6H2,(H,7,8);1H/t3-,4+;/m0./s1. The van der Waals surface area contributed by atoms with Crippen LogP contribution in [0.2, 0.25) is 0 Å². The summed E-state index contributed by atoms with van der Waals surface area (Å²) in [6, 6.07) is 0. The van der Waals surface area contributed by atoms with Gasteiger partial charge in [0.1, 0.15) is 0 Å². The number of hydrogen-bond acceptors (Lipinski definition) is 2. The van der Waals surface area contributed by atoms with Crippen molar-refractivity contribution in [3.05, 3.63) is 0 Å². The molecule has 0 aliphatic heterocycles. The van der Waals surface area contributed by atoms with Gasteiger partial charge in [0.05, 0.1) is 5.92 Å². The third kappa shape index (κ3) is 1.84. The zero-order valence-electron chi connectivity index (χ0n) is 4.91. The highest BCUT2D eigenvalue weighted by Gasteiger charge is 2.41. The van der Waals surface area contributed by atoms with Crippen molar-refractivity contribution in [2.24, 2.45) is 17.6 Å². The molecule has 1 rings (SSSR count). The van der Waals surface area contributed by atoms with Gasteiger partial charge in [0, 0.05) is 0 Å². The van der Waals surface area contributed by atoms with E-state index >= 15 is 0 Å². The van der Waals surface area contributed by atoms with Crippen LogP contribution in [0.5, 0.6) is 0 Å². The number of carboxylic acids is 1. The van der Waals surface area contributed by atoms with Gasteiger partial charge in [-0.25, -0.2) is 0 Å². The highest BCUT2D eigenvalue weighted by Crippen LogP contribution is 2.37. The quantitative estimate of drug-likeness (QED) is 0.588. The largest absolute Gasteiger partial charge is 0.481 e. The molecule has 0 saturated heterocycles. The molecule has 0 aromatic heterocycles. The van der Waals surface area contributed by atoms with E-state index in [1.54, 1.807) is 0 Å². The maximum atomic E-state index is 10.1. The third-order valence-electron chi connectivity index (χ3n) is 1.54. The SMILES string of the molecule is Cl.NC[C@@H]1C[C@H]1C(=O)O. The molecule has 1 saturated carbocycles. The summed E-state index contributed by atoms with van der Waals surface area (Å²) in [4.78, 5) is 10.1. The smallest absolute Gasteiger partial charge is 0.306 e. The van der Waals surface area contributed by atoms with Crippen LogP contribution in [-0.2, 0) is 4.79 Å². The monoisotopic (exact) mass is 151 g/mol. The molecule has 0 aromatic rings. The normalized spacial score (nSPS) is 30.8. The Morgan fingerprint density at radius 3 is 2.44 bits per heavy atom. The molecule has 54 valence electrons. The maximum absolute atomic E-state index is 10.1. The number of nitrogens with two attached hydrogens (primary N) is 1. The molecule has 0 unspecified atom stereocenters. The molecule has 0 heterocycles. The summed E-state index contributed by atoms with van der Waals surface area (Å²) in [5.41, 5.74) is 5.20. The summed E-state index contributed by atoms with van der Waals surface area (Å²) in [5.74, 6) is -0.548. The Labute approximate surface area is 59.6 Å². The molecule has 3 nitrogen and oxygen atoms in total. The van der Waals surface area contributed by atoms with Crippen LogP contribution < -0.4 is 5.73 Å². The number of aliphatic carboxylic acids is 1. The van der Waals surface area contributed by atoms with Crippen molar-refractivity contribution >= 4 is 18.4 Å². The topological polar surface area (TPSA) is 63.3 Å². The van der Waals surface area contributed by atoms with Crippen LogP contribution >= 0.6 is 12.4 Å². The first-order valence-electron chi connectivity index (χ1n) is 2.68. The molecule has 2 atom stereocenters. The van der Waals surface area contributed by atoms with Crippen molar-refractivity contribution in [2.45, 2.75) is 6.42 Å². The Bertz CT molecular complexity index is 118. The predicted molar refractivity (Wildman–Crippen MR) is 35.5 cm³/mol. The minimum Gasteiger partial charge on any atom is -0.481 e. The van der Waals surface area contributed by atoms with E-state index in [1.807, 2.05) is 0 Å². The highest BCUT2D eigenvalue weighted by molar-refractivity contribution is 5.85. The van der Waals surface area contributed by atoms with E-state index in [0.29, 0.717) is 6.54 Å². The Kier molecular flexibility index (Phi) is 2.94. The van der Waals surface area contributed by atoms with Gasteiger partial charge in [-0.05, 0) is 18.9 Å². The lowest BCUT2D eigenvalue weighted by molar-refractivity contribution is -0.138. The number of carbonyl (C=O) groups is 1. The third-order valence-corrected chi connectivity index (χ3v) is 1.54. The first-order chi connectivity index (χ1) is 3.75. The molecule has 1 fully saturated rings. The average molecular weight is 152 g/mol. The molecule has 0 spiro atoms. The van der Waals surface area contributed by atoms with E-state index in [1.165, 1.54) is 0 Å². The van der Waals surface area contributed by atoms with E-state index < -0.39 is 5.97 Å². The van der Waals surface area contributed by atoms with Crippen LogP contribution in [0.15, 0.2) is 0 Å². The summed E-state index contributed by atoms with van der Waals surface area (Å²) in [6.45, 7) is 0.525. The second-order valence-corrected chi connectivity index (χ2v) is 2.18. The fourth-order valence-electron chi connectivity index (χ4n) is 0.811. The molecule has 0 bridgehead atoms. The zero-order valence-corrected chi connectivity index (χ0v) is 5.73. The van der Waals surface area contributed by atoms with Crippen LogP contribution in [0.4, 0.5) is 0 Å². The highest BCUT2D eigenvalue weighted by atomic mass is 35.5.